The molecule has 0 saturated carbocycles. The number of hydrogen-bond donors (Lipinski definition) is 0. The summed E-state index contributed by atoms with van der Waals surface area (Å²) in [6, 6.07) is 13.8. The monoisotopic (exact) mass is 413 g/mol. The Balaban J connectivity index is 1.67. The fraction of sp³-hybridized carbons (Fsp3) is 0.217. The number of hydrogen-bond acceptors (Lipinski definition) is 4. The average Bonchev–Trinajstić information content (AvgIpc) is 2.72. The van der Waals surface area contributed by atoms with Gasteiger partial charge in [-0.25, -0.2) is 4.39 Å². The Kier molecular flexibility index (Phi) is 7.19. The van der Waals surface area contributed by atoms with Crippen LogP contribution >= 0.6 is 11.6 Å². The van der Waals surface area contributed by atoms with Gasteiger partial charge in [-0.1, -0.05) is 29.8 Å². The molecular weight excluding hydrogens is 393 g/mol. The molecule has 1 heterocycles. The van der Waals surface area contributed by atoms with Gasteiger partial charge in [0.15, 0.2) is 0 Å². The molecule has 0 bridgehead atoms. The molecule has 150 valence electrons. The van der Waals surface area contributed by atoms with E-state index in [0.717, 1.165) is 16.7 Å². The third kappa shape index (κ3) is 6.03. The van der Waals surface area contributed by atoms with Gasteiger partial charge >= 0.3 is 5.97 Å². The van der Waals surface area contributed by atoms with Gasteiger partial charge in [-0.05, 0) is 54.8 Å². The van der Waals surface area contributed by atoms with Crippen LogP contribution in [0.1, 0.15) is 24.5 Å². The van der Waals surface area contributed by atoms with Gasteiger partial charge in [0.25, 0.3) is 0 Å². The van der Waals surface area contributed by atoms with Crippen LogP contribution in [0.3, 0.4) is 0 Å². The topological polar surface area (TPSA) is 48.4 Å². The average molecular weight is 414 g/mol. The van der Waals surface area contributed by atoms with Crippen molar-refractivity contribution < 1.29 is 18.7 Å². The standard InChI is InChI=1S/C23H21ClFNO3/c1-2-28-23(27)10-5-16-3-7-21(8-4-16)29-15-18-12-20(25)6-9-22(18)17-11-19(24)14-26-13-17/h3-4,6-9,11-14H,2,5,10,15H2,1H3. The minimum Gasteiger partial charge on any atom is -0.489 e. The van der Waals surface area contributed by atoms with Crippen molar-refractivity contribution in [3.05, 3.63) is 82.9 Å². The Labute approximate surface area is 174 Å². The summed E-state index contributed by atoms with van der Waals surface area (Å²) in [7, 11) is 0. The molecule has 2 aromatic carbocycles. The number of rotatable bonds is 8. The Morgan fingerprint density at radius 2 is 1.90 bits per heavy atom. The Morgan fingerprint density at radius 3 is 2.62 bits per heavy atom. The molecular formula is C23H21ClFNO3. The fourth-order valence-electron chi connectivity index (χ4n) is 2.92. The molecule has 0 radical (unpaired) electrons. The highest BCUT2D eigenvalue weighted by Crippen LogP contribution is 2.27. The van der Waals surface area contributed by atoms with Crippen LogP contribution < -0.4 is 4.74 Å². The van der Waals surface area contributed by atoms with Gasteiger partial charge < -0.3 is 9.47 Å². The predicted molar refractivity (Wildman–Crippen MR) is 110 cm³/mol. The van der Waals surface area contributed by atoms with Crippen LogP contribution in [0.5, 0.6) is 5.75 Å². The molecule has 0 N–H and O–H groups in total. The second-order valence-electron chi connectivity index (χ2n) is 6.43. The van der Waals surface area contributed by atoms with Gasteiger partial charge in [0.2, 0.25) is 0 Å². The van der Waals surface area contributed by atoms with Gasteiger partial charge in [-0.15, -0.1) is 0 Å². The first-order valence-electron chi connectivity index (χ1n) is 9.32. The molecule has 1 aromatic heterocycles. The molecule has 0 atom stereocenters. The predicted octanol–water partition coefficient (Wildman–Crippen LogP) is 5.62. The number of esters is 1. The van der Waals surface area contributed by atoms with Crippen molar-refractivity contribution in [3.8, 4) is 16.9 Å². The highest BCUT2D eigenvalue weighted by Gasteiger charge is 2.09. The van der Waals surface area contributed by atoms with E-state index in [4.69, 9.17) is 21.1 Å². The summed E-state index contributed by atoms with van der Waals surface area (Å²) in [6.07, 6.45) is 4.18. The molecule has 0 aliphatic carbocycles. The molecule has 4 nitrogen and oxygen atoms in total. The number of aromatic nitrogens is 1. The van der Waals surface area contributed by atoms with Crippen molar-refractivity contribution in [2.75, 3.05) is 6.61 Å². The molecule has 0 amide bonds. The van der Waals surface area contributed by atoms with E-state index in [1.165, 1.54) is 12.1 Å². The highest BCUT2D eigenvalue weighted by molar-refractivity contribution is 6.30. The zero-order valence-corrected chi connectivity index (χ0v) is 16.8. The summed E-state index contributed by atoms with van der Waals surface area (Å²) >= 11 is 6.03. The maximum absolute atomic E-state index is 13.8. The van der Waals surface area contributed by atoms with E-state index < -0.39 is 0 Å². The number of nitrogens with zero attached hydrogens (tertiary/aromatic N) is 1. The van der Waals surface area contributed by atoms with Crippen molar-refractivity contribution in [2.45, 2.75) is 26.4 Å². The number of ether oxygens (including phenoxy) is 2. The van der Waals surface area contributed by atoms with Crippen molar-refractivity contribution in [3.63, 3.8) is 0 Å². The molecule has 6 heteroatoms. The van der Waals surface area contributed by atoms with E-state index in [-0.39, 0.29) is 18.4 Å². The lowest BCUT2D eigenvalue weighted by atomic mass is 10.0. The lowest BCUT2D eigenvalue weighted by Crippen LogP contribution is -2.05. The van der Waals surface area contributed by atoms with E-state index in [2.05, 4.69) is 4.98 Å². The summed E-state index contributed by atoms with van der Waals surface area (Å²) in [4.78, 5) is 15.5. The van der Waals surface area contributed by atoms with Crippen LogP contribution in [0.25, 0.3) is 11.1 Å². The number of halogens is 2. The normalized spacial score (nSPS) is 10.6. The number of pyridine rings is 1. The molecule has 0 saturated heterocycles. The van der Waals surface area contributed by atoms with Crippen molar-refractivity contribution in [2.24, 2.45) is 0 Å². The van der Waals surface area contributed by atoms with E-state index >= 15 is 0 Å². The summed E-state index contributed by atoms with van der Waals surface area (Å²) < 4.78 is 24.6. The van der Waals surface area contributed by atoms with E-state index in [0.29, 0.717) is 35.8 Å². The Morgan fingerprint density at radius 1 is 1.10 bits per heavy atom. The van der Waals surface area contributed by atoms with Gasteiger partial charge in [-0.2, -0.15) is 0 Å². The minimum absolute atomic E-state index is 0.196. The van der Waals surface area contributed by atoms with E-state index in [1.807, 2.05) is 24.3 Å². The number of aryl methyl sites for hydroxylation is 1. The minimum atomic E-state index is -0.336. The zero-order valence-electron chi connectivity index (χ0n) is 16.0. The fourth-order valence-corrected chi connectivity index (χ4v) is 3.09. The Hall–Kier alpha value is -2.92. The molecule has 0 spiro atoms. The molecule has 0 unspecified atom stereocenters. The van der Waals surface area contributed by atoms with Crippen LogP contribution in [0.4, 0.5) is 4.39 Å². The summed E-state index contributed by atoms with van der Waals surface area (Å²) in [5.41, 5.74) is 3.32. The second-order valence-corrected chi connectivity index (χ2v) is 6.87. The van der Waals surface area contributed by atoms with Crippen LogP contribution in [0.15, 0.2) is 60.9 Å². The lowest BCUT2D eigenvalue weighted by Gasteiger charge is -2.12. The van der Waals surface area contributed by atoms with Gasteiger partial charge in [0, 0.05) is 29.9 Å². The molecule has 0 fully saturated rings. The largest absolute Gasteiger partial charge is 0.489 e. The molecule has 0 aliphatic heterocycles. The highest BCUT2D eigenvalue weighted by atomic mass is 35.5. The first-order valence-corrected chi connectivity index (χ1v) is 9.69. The maximum atomic E-state index is 13.8. The number of carbonyl (C=O) groups is 1. The summed E-state index contributed by atoms with van der Waals surface area (Å²) in [5.74, 6) is 0.114. The first-order chi connectivity index (χ1) is 14.0. The SMILES string of the molecule is CCOC(=O)CCc1ccc(OCc2cc(F)ccc2-c2cncc(Cl)c2)cc1. The van der Waals surface area contributed by atoms with Crippen LogP contribution in [0, 0.1) is 5.82 Å². The van der Waals surface area contributed by atoms with Crippen LogP contribution in [-0.2, 0) is 22.6 Å². The van der Waals surface area contributed by atoms with E-state index in [9.17, 15) is 9.18 Å². The second kappa shape index (κ2) is 10.0. The van der Waals surface area contributed by atoms with Crippen LogP contribution in [0.2, 0.25) is 5.02 Å². The molecule has 0 aliphatic rings. The lowest BCUT2D eigenvalue weighted by molar-refractivity contribution is -0.143. The van der Waals surface area contributed by atoms with Crippen molar-refractivity contribution in [1.29, 1.82) is 0 Å². The molecule has 29 heavy (non-hydrogen) atoms. The zero-order chi connectivity index (χ0) is 20.6. The molecule has 3 aromatic rings. The van der Waals surface area contributed by atoms with Crippen LogP contribution in [-0.4, -0.2) is 17.6 Å². The number of benzene rings is 2. The quantitative estimate of drug-likeness (QED) is 0.450. The first kappa shape index (κ1) is 20.8. The third-order valence-electron chi connectivity index (χ3n) is 4.32. The van der Waals surface area contributed by atoms with Gasteiger partial charge in [-0.3, -0.25) is 9.78 Å². The van der Waals surface area contributed by atoms with Crippen molar-refractivity contribution in [1.82, 2.24) is 4.98 Å². The van der Waals surface area contributed by atoms with Gasteiger partial charge in [0.05, 0.1) is 11.6 Å². The van der Waals surface area contributed by atoms with E-state index in [1.54, 1.807) is 31.5 Å². The van der Waals surface area contributed by atoms with Crippen molar-refractivity contribution >= 4 is 17.6 Å². The maximum Gasteiger partial charge on any atom is 0.306 e. The Bertz CT molecular complexity index is 976. The molecule has 3 rings (SSSR count). The third-order valence-corrected chi connectivity index (χ3v) is 4.53. The smallest absolute Gasteiger partial charge is 0.306 e. The summed E-state index contributed by atoms with van der Waals surface area (Å²) in [6.45, 7) is 2.37. The number of carbonyl (C=O) groups excluding carboxylic acids is 1. The summed E-state index contributed by atoms with van der Waals surface area (Å²) in [5, 5.41) is 0.511. The van der Waals surface area contributed by atoms with Gasteiger partial charge in [0.1, 0.15) is 18.2 Å².